The number of carboxylic acid groups (broad SMARTS) is 1. The number of rotatable bonds is 17. The number of aliphatic carboxylic acids is 1. The summed E-state index contributed by atoms with van der Waals surface area (Å²) in [5, 5.41) is 24.9. The van der Waals surface area contributed by atoms with E-state index in [4.69, 9.17) is 33.8 Å². The lowest BCUT2D eigenvalue weighted by Crippen LogP contribution is -2.58. The fourth-order valence-electron chi connectivity index (χ4n) is 2.63. The van der Waals surface area contributed by atoms with Gasteiger partial charge in [-0.05, 0) is 19.3 Å². The second-order valence-electron chi connectivity index (χ2n) is 7.44. The standard InChI is InChI=1S/C18H33N9O8/c19-8(7-28)14(31)27-11(6-13(21)30)16(33)25-9(3-4-12(20)29)15(32)26-10(17(34)35)2-1-5-24-18(22)23/h8-11,28H,1-7,19H2,(H2,20,29)(H2,21,30)(H,25,33)(H,26,32)(H,27,31)(H,34,35)(H4,22,23,24). The van der Waals surface area contributed by atoms with E-state index in [2.05, 4.69) is 20.9 Å². The minimum atomic E-state index is -1.57. The molecule has 4 atom stereocenters. The van der Waals surface area contributed by atoms with Crippen molar-refractivity contribution >= 4 is 41.5 Å². The molecule has 0 aliphatic heterocycles. The van der Waals surface area contributed by atoms with Crippen LogP contribution in [-0.4, -0.2) is 89.0 Å². The van der Waals surface area contributed by atoms with Crippen LogP contribution >= 0.6 is 0 Å². The van der Waals surface area contributed by atoms with Crippen molar-refractivity contribution in [1.82, 2.24) is 16.0 Å². The number of aliphatic imine (C=N–C) groups is 1. The van der Waals surface area contributed by atoms with E-state index in [-0.39, 0.29) is 38.2 Å². The number of carbonyl (C=O) groups excluding carboxylic acids is 5. The molecule has 0 aliphatic rings. The van der Waals surface area contributed by atoms with Crippen molar-refractivity contribution in [3.8, 4) is 0 Å². The number of aliphatic hydroxyl groups is 1. The fourth-order valence-corrected chi connectivity index (χ4v) is 2.63. The van der Waals surface area contributed by atoms with Gasteiger partial charge in [-0.2, -0.15) is 0 Å². The number of nitrogens with two attached hydrogens (primary N) is 5. The molecule has 0 bridgehead atoms. The van der Waals surface area contributed by atoms with Crippen LogP contribution in [0.15, 0.2) is 4.99 Å². The molecular formula is C18H33N9O8. The Morgan fingerprint density at radius 2 is 1.31 bits per heavy atom. The Kier molecular flexibility index (Phi) is 14.0. The van der Waals surface area contributed by atoms with Crippen molar-refractivity contribution in [3.05, 3.63) is 0 Å². The van der Waals surface area contributed by atoms with Crippen molar-refractivity contribution in [2.75, 3.05) is 13.2 Å². The lowest BCUT2D eigenvalue weighted by Gasteiger charge is -2.24. The largest absolute Gasteiger partial charge is 0.480 e. The van der Waals surface area contributed by atoms with Crippen molar-refractivity contribution in [3.63, 3.8) is 0 Å². The average molecular weight is 504 g/mol. The number of carbonyl (C=O) groups is 6. The number of amides is 5. The first-order chi connectivity index (χ1) is 16.3. The zero-order valence-corrected chi connectivity index (χ0v) is 18.9. The van der Waals surface area contributed by atoms with Gasteiger partial charge >= 0.3 is 5.97 Å². The number of hydrogen-bond donors (Lipinski definition) is 10. The van der Waals surface area contributed by atoms with Gasteiger partial charge in [-0.15, -0.1) is 0 Å². The Labute approximate surface area is 200 Å². The minimum Gasteiger partial charge on any atom is -0.480 e. The van der Waals surface area contributed by atoms with E-state index >= 15 is 0 Å². The Morgan fingerprint density at radius 1 is 0.771 bits per heavy atom. The molecular weight excluding hydrogens is 470 g/mol. The van der Waals surface area contributed by atoms with E-state index in [1.165, 1.54) is 0 Å². The first kappa shape index (κ1) is 31.0. The number of nitrogens with one attached hydrogen (secondary N) is 3. The van der Waals surface area contributed by atoms with Crippen LogP contribution < -0.4 is 44.6 Å². The molecule has 198 valence electrons. The topological polar surface area (TPSA) is 321 Å². The summed E-state index contributed by atoms with van der Waals surface area (Å²) in [6.45, 7) is -0.644. The number of nitrogens with zero attached hydrogens (tertiary/aromatic N) is 1. The van der Waals surface area contributed by atoms with Gasteiger partial charge in [0.1, 0.15) is 24.2 Å². The van der Waals surface area contributed by atoms with E-state index < -0.39 is 72.7 Å². The van der Waals surface area contributed by atoms with Crippen molar-refractivity contribution in [2.24, 2.45) is 33.7 Å². The second-order valence-corrected chi connectivity index (χ2v) is 7.44. The van der Waals surface area contributed by atoms with Crippen LogP contribution in [0.25, 0.3) is 0 Å². The molecule has 4 unspecified atom stereocenters. The van der Waals surface area contributed by atoms with Gasteiger partial charge in [0.05, 0.1) is 13.0 Å². The summed E-state index contributed by atoms with van der Waals surface area (Å²) >= 11 is 0. The number of aliphatic hydroxyl groups excluding tert-OH is 1. The highest BCUT2D eigenvalue weighted by Gasteiger charge is 2.31. The smallest absolute Gasteiger partial charge is 0.326 e. The molecule has 17 nitrogen and oxygen atoms in total. The maximum atomic E-state index is 12.7. The van der Waals surface area contributed by atoms with Gasteiger partial charge in [-0.25, -0.2) is 4.79 Å². The highest BCUT2D eigenvalue weighted by atomic mass is 16.4. The third-order valence-electron chi connectivity index (χ3n) is 4.44. The summed E-state index contributed by atoms with van der Waals surface area (Å²) in [6.07, 6.45) is -1.22. The Hall–Kier alpha value is -3.99. The number of primary amides is 2. The molecule has 0 saturated carbocycles. The predicted octanol–water partition coefficient (Wildman–Crippen LogP) is -5.96. The molecule has 0 aromatic heterocycles. The van der Waals surface area contributed by atoms with Crippen molar-refractivity contribution in [1.29, 1.82) is 0 Å². The molecule has 0 heterocycles. The zero-order valence-electron chi connectivity index (χ0n) is 18.9. The summed E-state index contributed by atoms with van der Waals surface area (Å²) < 4.78 is 0. The van der Waals surface area contributed by atoms with Gasteiger partial charge in [-0.3, -0.25) is 29.0 Å². The molecule has 0 radical (unpaired) electrons. The third-order valence-corrected chi connectivity index (χ3v) is 4.44. The monoisotopic (exact) mass is 503 g/mol. The molecule has 35 heavy (non-hydrogen) atoms. The lowest BCUT2D eigenvalue weighted by atomic mass is 10.1. The summed E-state index contributed by atoms with van der Waals surface area (Å²) in [5.74, 6) is -6.34. The summed E-state index contributed by atoms with van der Waals surface area (Å²) in [6, 6.07) is -5.82. The summed E-state index contributed by atoms with van der Waals surface area (Å²) in [5.41, 5.74) is 26.0. The van der Waals surface area contributed by atoms with Crippen LogP contribution in [0.4, 0.5) is 0 Å². The Balaban J connectivity index is 5.52. The van der Waals surface area contributed by atoms with Crippen LogP contribution in [0, 0.1) is 0 Å². The molecule has 0 rings (SSSR count). The quantitative estimate of drug-likeness (QED) is 0.0505. The Bertz CT molecular complexity index is 816. The van der Waals surface area contributed by atoms with Crippen LogP contribution in [-0.2, 0) is 28.8 Å². The Morgan fingerprint density at radius 3 is 1.80 bits per heavy atom. The van der Waals surface area contributed by atoms with Crippen molar-refractivity contribution < 1.29 is 39.0 Å². The average Bonchev–Trinajstić information content (AvgIpc) is 2.76. The number of carboxylic acids is 1. The van der Waals surface area contributed by atoms with E-state index in [9.17, 15) is 33.9 Å². The predicted molar refractivity (Wildman–Crippen MR) is 121 cm³/mol. The third kappa shape index (κ3) is 13.3. The van der Waals surface area contributed by atoms with Gasteiger partial charge in [0, 0.05) is 13.0 Å². The molecule has 0 aromatic carbocycles. The number of guanidine groups is 1. The van der Waals surface area contributed by atoms with Gasteiger partial charge in [0.15, 0.2) is 5.96 Å². The normalized spacial score (nSPS) is 13.9. The molecule has 0 fully saturated rings. The molecule has 5 amide bonds. The zero-order chi connectivity index (χ0) is 27.1. The van der Waals surface area contributed by atoms with Crippen LogP contribution in [0.2, 0.25) is 0 Å². The number of hydrogen-bond acceptors (Lipinski definition) is 9. The first-order valence-electron chi connectivity index (χ1n) is 10.4. The lowest BCUT2D eigenvalue weighted by molar-refractivity contribution is -0.142. The van der Waals surface area contributed by atoms with E-state index in [0.29, 0.717) is 0 Å². The van der Waals surface area contributed by atoms with Crippen molar-refractivity contribution in [2.45, 2.75) is 56.3 Å². The highest BCUT2D eigenvalue weighted by molar-refractivity contribution is 5.96. The van der Waals surface area contributed by atoms with Gasteiger partial charge in [0.2, 0.25) is 29.5 Å². The molecule has 0 aliphatic carbocycles. The van der Waals surface area contributed by atoms with E-state index in [1.54, 1.807) is 0 Å². The maximum Gasteiger partial charge on any atom is 0.326 e. The van der Waals surface area contributed by atoms with E-state index in [0.717, 1.165) is 0 Å². The molecule has 15 N–H and O–H groups in total. The second kappa shape index (κ2) is 15.8. The molecule has 0 saturated heterocycles. The van der Waals surface area contributed by atoms with Gasteiger partial charge in [-0.1, -0.05) is 0 Å². The minimum absolute atomic E-state index is 0.0618. The van der Waals surface area contributed by atoms with Gasteiger partial charge in [0.25, 0.3) is 0 Å². The van der Waals surface area contributed by atoms with Crippen LogP contribution in [0.3, 0.4) is 0 Å². The molecule has 0 aromatic rings. The molecule has 0 spiro atoms. The maximum absolute atomic E-state index is 12.7. The van der Waals surface area contributed by atoms with Crippen LogP contribution in [0.5, 0.6) is 0 Å². The van der Waals surface area contributed by atoms with Gasteiger partial charge < -0.3 is 54.8 Å². The first-order valence-corrected chi connectivity index (χ1v) is 10.4. The fraction of sp³-hybridized carbons (Fsp3) is 0.611. The van der Waals surface area contributed by atoms with E-state index in [1.807, 2.05) is 0 Å². The summed E-state index contributed by atoms with van der Waals surface area (Å²) in [7, 11) is 0. The highest BCUT2D eigenvalue weighted by Crippen LogP contribution is 2.04. The summed E-state index contributed by atoms with van der Waals surface area (Å²) in [4.78, 5) is 75.1. The van der Waals surface area contributed by atoms with Crippen LogP contribution in [0.1, 0.15) is 32.1 Å². The SMILES string of the molecule is NC(=O)CCC(NC(=O)C(CC(N)=O)NC(=O)C(N)CO)C(=O)NC(CCCN=C(N)N)C(=O)O. The molecule has 17 heteroatoms.